The topological polar surface area (TPSA) is 133 Å². The molecule has 178 valence electrons. The summed E-state index contributed by atoms with van der Waals surface area (Å²) in [6.45, 7) is 0.823. The molecule has 0 aliphatic heterocycles. The third kappa shape index (κ3) is 3.96. The van der Waals surface area contributed by atoms with Crippen LogP contribution in [0.5, 0.6) is 0 Å². The Morgan fingerprint density at radius 2 is 1.88 bits per heavy atom. The molecule has 2 bridgehead atoms. The highest BCUT2D eigenvalue weighted by Gasteiger charge is 2.52. The average Bonchev–Trinajstić information content (AvgIpc) is 3.28. The number of carboxylic acids is 1. The lowest BCUT2D eigenvalue weighted by Gasteiger charge is -2.51. The molecule has 2 heterocycles. The number of H-pyrrole nitrogens is 1. The molecule has 1 amide bonds. The molecule has 0 spiro atoms. The second-order valence-corrected chi connectivity index (χ2v) is 9.80. The molecule has 0 radical (unpaired) electrons. The molecule has 3 aliphatic carbocycles. The van der Waals surface area contributed by atoms with Crippen LogP contribution in [-0.4, -0.2) is 43.7 Å². The van der Waals surface area contributed by atoms with Crippen LogP contribution < -0.4 is 10.6 Å². The molecule has 0 atom stereocenters. The molecule has 6 rings (SSSR count). The number of aliphatic carboxylic acids is 1. The van der Waals surface area contributed by atoms with Gasteiger partial charge in [-0.15, -0.1) is 0 Å². The van der Waals surface area contributed by atoms with Crippen molar-refractivity contribution < 1.29 is 19.1 Å². The average molecular weight is 487 g/mol. The number of halogens is 2. The van der Waals surface area contributed by atoms with Gasteiger partial charge in [0.15, 0.2) is 11.5 Å². The van der Waals surface area contributed by atoms with Crippen LogP contribution in [0.1, 0.15) is 54.6 Å². The summed E-state index contributed by atoms with van der Waals surface area (Å²) in [7, 11) is 0. The first-order valence-corrected chi connectivity index (χ1v) is 11.6. The Kier molecular flexibility index (Phi) is 5.63. The quantitative estimate of drug-likeness (QED) is 0.398. The van der Waals surface area contributed by atoms with Crippen LogP contribution in [0, 0.1) is 16.6 Å². The standard InChI is InChI=1S/C23H24ClFN6O3/c24-14-9-13(1-2-15(14)25)10-26-20(32)18-16-17(28-12-29-18)19(31-30-16)27-11-22-3-6-23(7-4-22,8-5-22)21(33)34/h1-2,9,12H,3-8,10-11H2,(H,26,32)(H,33,34)(H2,27,30,31). The number of nitrogens with zero attached hydrogens (tertiary/aromatic N) is 3. The monoisotopic (exact) mass is 486 g/mol. The zero-order chi connectivity index (χ0) is 23.9. The molecule has 34 heavy (non-hydrogen) atoms. The van der Waals surface area contributed by atoms with E-state index < -0.39 is 23.1 Å². The summed E-state index contributed by atoms with van der Waals surface area (Å²) in [6, 6.07) is 4.26. The maximum atomic E-state index is 13.3. The molecule has 3 fully saturated rings. The van der Waals surface area contributed by atoms with E-state index in [4.69, 9.17) is 11.6 Å². The number of hydrogen-bond acceptors (Lipinski definition) is 6. The highest BCUT2D eigenvalue weighted by Crippen LogP contribution is 2.56. The van der Waals surface area contributed by atoms with E-state index >= 15 is 0 Å². The Bertz CT molecular complexity index is 1250. The molecule has 1 aromatic carbocycles. The van der Waals surface area contributed by atoms with Crippen molar-refractivity contribution in [1.29, 1.82) is 0 Å². The number of carbonyl (C=O) groups excluding carboxylic acids is 1. The van der Waals surface area contributed by atoms with E-state index in [-0.39, 0.29) is 22.7 Å². The minimum Gasteiger partial charge on any atom is -0.481 e. The van der Waals surface area contributed by atoms with Gasteiger partial charge in [0, 0.05) is 13.1 Å². The van der Waals surface area contributed by atoms with Crippen LogP contribution in [-0.2, 0) is 11.3 Å². The van der Waals surface area contributed by atoms with Gasteiger partial charge in [-0.3, -0.25) is 14.7 Å². The van der Waals surface area contributed by atoms with Crippen LogP contribution >= 0.6 is 11.6 Å². The molecule has 11 heteroatoms. The second-order valence-electron chi connectivity index (χ2n) is 9.39. The molecule has 0 unspecified atom stereocenters. The van der Waals surface area contributed by atoms with Crippen LogP contribution in [0.25, 0.3) is 11.0 Å². The molecule has 3 saturated carbocycles. The van der Waals surface area contributed by atoms with Crippen molar-refractivity contribution in [2.75, 3.05) is 11.9 Å². The summed E-state index contributed by atoms with van der Waals surface area (Å²) in [6.07, 6.45) is 6.03. The lowest BCUT2D eigenvalue weighted by atomic mass is 9.53. The third-order valence-electron chi connectivity index (χ3n) is 7.49. The predicted octanol–water partition coefficient (Wildman–Crippen LogP) is 3.91. The molecule has 4 N–H and O–H groups in total. The van der Waals surface area contributed by atoms with Crippen molar-refractivity contribution >= 4 is 40.3 Å². The zero-order valence-electron chi connectivity index (χ0n) is 18.3. The number of aromatic nitrogens is 4. The minimum absolute atomic E-state index is 0.00971. The van der Waals surface area contributed by atoms with E-state index in [9.17, 15) is 19.1 Å². The Balaban J connectivity index is 1.27. The fraction of sp³-hybridized carbons (Fsp3) is 0.435. The molecular weight excluding hydrogens is 463 g/mol. The van der Waals surface area contributed by atoms with E-state index in [0.717, 1.165) is 19.3 Å². The smallest absolute Gasteiger partial charge is 0.309 e. The van der Waals surface area contributed by atoms with Gasteiger partial charge in [-0.05, 0) is 61.6 Å². The van der Waals surface area contributed by atoms with Gasteiger partial charge in [-0.1, -0.05) is 17.7 Å². The number of amides is 1. The summed E-state index contributed by atoms with van der Waals surface area (Å²) in [4.78, 5) is 32.8. The van der Waals surface area contributed by atoms with Gasteiger partial charge in [0.2, 0.25) is 0 Å². The Hall–Kier alpha value is -3.27. The maximum Gasteiger partial charge on any atom is 0.309 e. The summed E-state index contributed by atoms with van der Waals surface area (Å²) >= 11 is 5.80. The van der Waals surface area contributed by atoms with Crippen LogP contribution in [0.3, 0.4) is 0 Å². The summed E-state index contributed by atoms with van der Waals surface area (Å²) < 4.78 is 13.3. The van der Waals surface area contributed by atoms with E-state index in [1.165, 1.54) is 18.5 Å². The first-order chi connectivity index (χ1) is 16.3. The summed E-state index contributed by atoms with van der Waals surface area (Å²) in [5, 5.41) is 22.9. The summed E-state index contributed by atoms with van der Waals surface area (Å²) in [5.41, 5.74) is 1.23. The number of carbonyl (C=O) groups is 2. The van der Waals surface area contributed by atoms with Crippen molar-refractivity contribution in [3.8, 4) is 0 Å². The molecule has 2 aromatic heterocycles. The van der Waals surface area contributed by atoms with Gasteiger partial charge in [-0.2, -0.15) is 5.10 Å². The number of carboxylic acid groups (broad SMARTS) is 1. The maximum absolute atomic E-state index is 13.3. The predicted molar refractivity (Wildman–Crippen MR) is 123 cm³/mol. The Labute approximate surface area is 199 Å². The number of benzene rings is 1. The lowest BCUT2D eigenvalue weighted by molar-refractivity contribution is -0.158. The van der Waals surface area contributed by atoms with Gasteiger partial charge in [0.05, 0.1) is 10.4 Å². The number of nitrogens with one attached hydrogen (secondary N) is 3. The number of fused-ring (bicyclic) bond motifs is 4. The highest BCUT2D eigenvalue weighted by molar-refractivity contribution is 6.30. The molecule has 3 aliphatic rings. The van der Waals surface area contributed by atoms with Crippen molar-refractivity contribution in [2.24, 2.45) is 10.8 Å². The first-order valence-electron chi connectivity index (χ1n) is 11.2. The number of aromatic amines is 1. The summed E-state index contributed by atoms with van der Waals surface area (Å²) in [5.74, 6) is -1.08. The lowest BCUT2D eigenvalue weighted by Crippen LogP contribution is -2.48. The molecule has 0 saturated heterocycles. The van der Waals surface area contributed by atoms with Gasteiger partial charge in [0.25, 0.3) is 5.91 Å². The highest BCUT2D eigenvalue weighted by atomic mass is 35.5. The van der Waals surface area contributed by atoms with E-state index in [0.29, 0.717) is 48.2 Å². The molecular formula is C23H24ClFN6O3. The van der Waals surface area contributed by atoms with Crippen molar-refractivity contribution in [3.05, 3.63) is 46.6 Å². The van der Waals surface area contributed by atoms with Crippen molar-refractivity contribution in [1.82, 2.24) is 25.5 Å². The van der Waals surface area contributed by atoms with Crippen molar-refractivity contribution in [2.45, 2.75) is 45.1 Å². The van der Waals surface area contributed by atoms with Crippen LogP contribution in [0.15, 0.2) is 24.5 Å². The Morgan fingerprint density at radius 1 is 1.15 bits per heavy atom. The number of rotatable bonds is 7. The van der Waals surface area contributed by atoms with Gasteiger partial charge in [-0.25, -0.2) is 14.4 Å². The van der Waals surface area contributed by atoms with Crippen LogP contribution in [0.4, 0.5) is 10.2 Å². The van der Waals surface area contributed by atoms with E-state index in [2.05, 4.69) is 30.8 Å². The van der Waals surface area contributed by atoms with E-state index in [1.54, 1.807) is 6.07 Å². The molecule has 9 nitrogen and oxygen atoms in total. The van der Waals surface area contributed by atoms with Gasteiger partial charge < -0.3 is 15.7 Å². The third-order valence-corrected chi connectivity index (χ3v) is 7.78. The normalized spacial score (nSPS) is 23.7. The van der Waals surface area contributed by atoms with Gasteiger partial charge in [0.1, 0.15) is 23.2 Å². The van der Waals surface area contributed by atoms with E-state index in [1.807, 2.05) is 0 Å². The minimum atomic E-state index is -0.669. The fourth-order valence-corrected chi connectivity index (χ4v) is 5.37. The fourth-order valence-electron chi connectivity index (χ4n) is 5.17. The molecule has 3 aromatic rings. The number of hydrogen-bond donors (Lipinski definition) is 4. The Morgan fingerprint density at radius 3 is 2.56 bits per heavy atom. The van der Waals surface area contributed by atoms with Crippen molar-refractivity contribution in [3.63, 3.8) is 0 Å². The van der Waals surface area contributed by atoms with Crippen LogP contribution in [0.2, 0.25) is 5.02 Å². The van der Waals surface area contributed by atoms with Gasteiger partial charge >= 0.3 is 5.97 Å². The second kappa shape index (κ2) is 8.50. The zero-order valence-corrected chi connectivity index (χ0v) is 19.1. The largest absolute Gasteiger partial charge is 0.481 e. The SMILES string of the molecule is O=C(NCc1ccc(F)c(Cl)c1)c1ncnc2c(NCC34CCC(C(=O)O)(CC3)CC4)n[nH]c12. The first kappa shape index (κ1) is 22.5. The number of anilines is 1.